The van der Waals surface area contributed by atoms with Crippen LogP contribution in [0.5, 0.6) is 0 Å². The highest BCUT2D eigenvalue weighted by molar-refractivity contribution is 5.96. The molecule has 2 aromatic carbocycles. The summed E-state index contributed by atoms with van der Waals surface area (Å²) in [5.41, 5.74) is 8.82. The Morgan fingerprint density at radius 3 is 2.41 bits per heavy atom. The summed E-state index contributed by atoms with van der Waals surface area (Å²) in [6.45, 7) is 3.80. The molecule has 1 amide bonds. The van der Waals surface area contributed by atoms with Crippen LogP contribution in [-0.4, -0.2) is 52.3 Å². The van der Waals surface area contributed by atoms with Gasteiger partial charge in [-0.25, -0.2) is 4.39 Å². The molecule has 1 fully saturated rings. The highest BCUT2D eigenvalue weighted by Gasteiger charge is 2.21. The summed E-state index contributed by atoms with van der Waals surface area (Å²) in [5.74, 6) is -0.371. The van der Waals surface area contributed by atoms with Gasteiger partial charge >= 0.3 is 0 Å². The Kier molecular flexibility index (Phi) is 6.13. The van der Waals surface area contributed by atoms with Crippen molar-refractivity contribution in [1.29, 1.82) is 0 Å². The number of amides is 1. The lowest BCUT2D eigenvalue weighted by Crippen LogP contribution is -2.47. The van der Waals surface area contributed by atoms with Gasteiger partial charge in [0.2, 0.25) is 0 Å². The number of hydrogen-bond acceptors (Lipinski definition) is 5. The molecular formula is C20H25FN4O2. The van der Waals surface area contributed by atoms with E-state index in [1.165, 1.54) is 6.07 Å². The molecule has 7 heteroatoms. The summed E-state index contributed by atoms with van der Waals surface area (Å²) < 4.78 is 18.9. The van der Waals surface area contributed by atoms with Crippen LogP contribution in [0.2, 0.25) is 0 Å². The van der Waals surface area contributed by atoms with Gasteiger partial charge in [0.1, 0.15) is 5.82 Å². The van der Waals surface area contributed by atoms with Crippen LogP contribution in [0, 0.1) is 5.82 Å². The first-order chi connectivity index (χ1) is 13.1. The summed E-state index contributed by atoms with van der Waals surface area (Å²) >= 11 is 0. The van der Waals surface area contributed by atoms with E-state index in [0.717, 1.165) is 18.8 Å². The number of nitrogens with zero attached hydrogens (tertiary/aromatic N) is 2. The van der Waals surface area contributed by atoms with E-state index in [9.17, 15) is 9.18 Å². The summed E-state index contributed by atoms with van der Waals surface area (Å²) in [6, 6.07) is 12.2. The lowest BCUT2D eigenvalue weighted by molar-refractivity contribution is 0.0937. The van der Waals surface area contributed by atoms with Gasteiger partial charge < -0.3 is 25.6 Å². The number of anilines is 3. The average Bonchev–Trinajstić information content (AvgIpc) is 2.69. The third-order valence-corrected chi connectivity index (χ3v) is 4.69. The number of rotatable bonds is 6. The SMILES string of the molecule is COCCNC(=O)c1ccc(N2CCN(c3ccccc3F)CC2)c(N)c1. The molecule has 0 bridgehead atoms. The number of para-hydroxylation sites is 1. The highest BCUT2D eigenvalue weighted by Crippen LogP contribution is 2.27. The molecule has 6 nitrogen and oxygen atoms in total. The predicted molar refractivity (Wildman–Crippen MR) is 106 cm³/mol. The van der Waals surface area contributed by atoms with Crippen LogP contribution in [0.25, 0.3) is 0 Å². The zero-order valence-corrected chi connectivity index (χ0v) is 15.5. The van der Waals surface area contributed by atoms with Crippen molar-refractivity contribution in [3.8, 4) is 0 Å². The van der Waals surface area contributed by atoms with E-state index in [0.29, 0.717) is 43.2 Å². The van der Waals surface area contributed by atoms with Crippen LogP contribution in [0.1, 0.15) is 10.4 Å². The number of benzene rings is 2. The molecule has 1 heterocycles. The molecule has 2 aromatic rings. The normalized spacial score (nSPS) is 14.3. The average molecular weight is 372 g/mol. The molecule has 27 heavy (non-hydrogen) atoms. The van der Waals surface area contributed by atoms with Crippen LogP contribution in [-0.2, 0) is 4.74 Å². The Bertz CT molecular complexity index is 791. The van der Waals surface area contributed by atoms with Gasteiger partial charge in [-0.1, -0.05) is 12.1 Å². The predicted octanol–water partition coefficient (Wildman–Crippen LogP) is 2.11. The fourth-order valence-corrected chi connectivity index (χ4v) is 3.25. The topological polar surface area (TPSA) is 70.8 Å². The summed E-state index contributed by atoms with van der Waals surface area (Å²) in [5, 5.41) is 2.78. The monoisotopic (exact) mass is 372 g/mol. The third-order valence-electron chi connectivity index (χ3n) is 4.69. The van der Waals surface area contributed by atoms with Gasteiger partial charge in [-0.3, -0.25) is 4.79 Å². The number of carbonyl (C=O) groups is 1. The number of carbonyl (C=O) groups excluding carboxylic acids is 1. The zero-order chi connectivity index (χ0) is 19.2. The molecule has 0 aromatic heterocycles. The summed E-state index contributed by atoms with van der Waals surface area (Å²) in [4.78, 5) is 16.3. The van der Waals surface area contributed by atoms with Crippen molar-refractivity contribution in [2.24, 2.45) is 0 Å². The Hall–Kier alpha value is -2.80. The van der Waals surface area contributed by atoms with Gasteiger partial charge in [0.15, 0.2) is 0 Å². The van der Waals surface area contributed by atoms with Gasteiger partial charge in [0.25, 0.3) is 5.91 Å². The van der Waals surface area contributed by atoms with Crippen LogP contribution in [0.3, 0.4) is 0 Å². The van der Waals surface area contributed by atoms with Crippen LogP contribution in [0.15, 0.2) is 42.5 Å². The smallest absolute Gasteiger partial charge is 0.251 e. The zero-order valence-electron chi connectivity index (χ0n) is 15.5. The fourth-order valence-electron chi connectivity index (χ4n) is 3.25. The third kappa shape index (κ3) is 4.49. The Balaban J connectivity index is 1.63. The van der Waals surface area contributed by atoms with E-state index in [4.69, 9.17) is 10.5 Å². The second-order valence-corrected chi connectivity index (χ2v) is 6.45. The van der Waals surface area contributed by atoms with E-state index in [-0.39, 0.29) is 11.7 Å². The standard InChI is InChI=1S/C20H25FN4O2/c1-27-13-8-23-20(26)15-6-7-19(17(22)14-15)25-11-9-24(10-12-25)18-5-3-2-4-16(18)21/h2-7,14H,8-13,22H2,1H3,(H,23,26). The molecule has 1 aliphatic rings. The molecule has 0 aliphatic carbocycles. The number of ether oxygens (including phenoxy) is 1. The van der Waals surface area contributed by atoms with Gasteiger partial charge in [0, 0.05) is 45.4 Å². The van der Waals surface area contributed by atoms with Gasteiger partial charge in [-0.05, 0) is 30.3 Å². The van der Waals surface area contributed by atoms with Crippen molar-refractivity contribution in [3.05, 3.63) is 53.8 Å². The van der Waals surface area contributed by atoms with Crippen molar-refractivity contribution in [1.82, 2.24) is 5.32 Å². The number of piperazine rings is 1. The molecule has 144 valence electrons. The molecular weight excluding hydrogens is 347 g/mol. The van der Waals surface area contributed by atoms with Crippen molar-refractivity contribution in [3.63, 3.8) is 0 Å². The molecule has 3 N–H and O–H groups in total. The molecule has 0 unspecified atom stereocenters. The van der Waals surface area contributed by atoms with Crippen molar-refractivity contribution >= 4 is 23.0 Å². The van der Waals surface area contributed by atoms with Crippen LogP contribution >= 0.6 is 0 Å². The molecule has 0 radical (unpaired) electrons. The maximum Gasteiger partial charge on any atom is 0.251 e. The molecule has 1 saturated heterocycles. The quantitative estimate of drug-likeness (QED) is 0.600. The fraction of sp³-hybridized carbons (Fsp3) is 0.350. The van der Waals surface area contributed by atoms with Crippen molar-refractivity contribution in [2.75, 3.05) is 62.0 Å². The lowest BCUT2D eigenvalue weighted by Gasteiger charge is -2.38. The Morgan fingerprint density at radius 2 is 1.78 bits per heavy atom. The number of methoxy groups -OCH3 is 1. The molecule has 1 aliphatic heterocycles. The number of nitrogen functional groups attached to an aromatic ring is 1. The van der Waals surface area contributed by atoms with Crippen molar-refractivity contribution < 1.29 is 13.9 Å². The second kappa shape index (κ2) is 8.73. The maximum absolute atomic E-state index is 14.0. The Labute approximate surface area is 158 Å². The van der Waals surface area contributed by atoms with Gasteiger partial charge in [-0.2, -0.15) is 0 Å². The van der Waals surface area contributed by atoms with E-state index >= 15 is 0 Å². The largest absolute Gasteiger partial charge is 0.397 e. The Morgan fingerprint density at radius 1 is 1.11 bits per heavy atom. The number of hydrogen-bond donors (Lipinski definition) is 2. The molecule has 3 rings (SSSR count). The maximum atomic E-state index is 14.0. The van der Waals surface area contributed by atoms with Gasteiger partial charge in [0.05, 0.1) is 23.7 Å². The summed E-state index contributed by atoms with van der Waals surface area (Å²) in [6.07, 6.45) is 0. The van der Waals surface area contributed by atoms with Crippen molar-refractivity contribution in [2.45, 2.75) is 0 Å². The summed E-state index contributed by atoms with van der Waals surface area (Å²) in [7, 11) is 1.59. The minimum absolute atomic E-state index is 0.172. The van der Waals surface area contributed by atoms with Crippen LogP contribution < -0.4 is 20.9 Å². The second-order valence-electron chi connectivity index (χ2n) is 6.45. The molecule has 0 spiro atoms. The molecule has 0 saturated carbocycles. The minimum Gasteiger partial charge on any atom is -0.397 e. The molecule has 0 atom stereocenters. The first-order valence-corrected chi connectivity index (χ1v) is 9.01. The van der Waals surface area contributed by atoms with Gasteiger partial charge in [-0.15, -0.1) is 0 Å². The van der Waals surface area contributed by atoms with E-state index < -0.39 is 0 Å². The lowest BCUT2D eigenvalue weighted by atomic mass is 10.1. The first kappa shape index (κ1) is 19.0. The van der Waals surface area contributed by atoms with Crippen LogP contribution in [0.4, 0.5) is 21.5 Å². The van der Waals surface area contributed by atoms with E-state index in [1.807, 2.05) is 17.0 Å². The van der Waals surface area contributed by atoms with E-state index in [1.54, 1.807) is 31.4 Å². The number of nitrogens with one attached hydrogen (secondary N) is 1. The first-order valence-electron chi connectivity index (χ1n) is 9.01. The van der Waals surface area contributed by atoms with E-state index in [2.05, 4.69) is 10.2 Å². The highest BCUT2D eigenvalue weighted by atomic mass is 19.1. The number of nitrogens with two attached hydrogens (primary N) is 1. The minimum atomic E-state index is -0.200. The number of halogens is 1.